The third-order valence-corrected chi connectivity index (χ3v) is 3.18. The van der Waals surface area contributed by atoms with Gasteiger partial charge in [-0.15, -0.1) is 0 Å². The minimum Gasteiger partial charge on any atom is -0.726 e. The van der Waals surface area contributed by atoms with Crippen LogP contribution in [-0.2, 0) is 14.6 Å². The minimum absolute atomic E-state index is 0. The van der Waals surface area contributed by atoms with Gasteiger partial charge >= 0.3 is 37.7 Å². The molecule has 0 aliphatic rings. The monoisotopic (exact) mass is 305 g/mol. The third kappa shape index (κ3) is 19.5. The molecule has 6 heteroatoms. The molecule has 0 aromatic rings. The molecule has 0 atom stereocenters. The van der Waals surface area contributed by atoms with E-state index in [1.54, 1.807) is 0 Å². The first-order chi connectivity index (χ1) is 8.06. The van der Waals surface area contributed by atoms with E-state index in [9.17, 15) is 13.0 Å². The molecular formula is C12H25CaO4S+. The molecule has 0 aliphatic carbocycles. The van der Waals surface area contributed by atoms with Gasteiger partial charge in [0.1, 0.15) is 0 Å². The van der Waals surface area contributed by atoms with E-state index >= 15 is 0 Å². The van der Waals surface area contributed by atoms with Crippen LogP contribution in [0, 0.1) is 0 Å². The molecule has 0 aromatic carbocycles. The van der Waals surface area contributed by atoms with E-state index < -0.39 is 10.4 Å². The van der Waals surface area contributed by atoms with Gasteiger partial charge in [0, 0.05) is 0 Å². The van der Waals surface area contributed by atoms with Crippen LogP contribution in [0.5, 0.6) is 0 Å². The van der Waals surface area contributed by atoms with Crippen LogP contribution in [0.2, 0.25) is 0 Å². The largest absolute Gasteiger partial charge is 2.00 e. The molecular weight excluding hydrogens is 280 g/mol. The number of rotatable bonds is 12. The van der Waals surface area contributed by atoms with Crippen molar-refractivity contribution in [3.63, 3.8) is 0 Å². The predicted molar refractivity (Wildman–Crippen MR) is 73.2 cm³/mol. The average Bonchev–Trinajstić information content (AvgIpc) is 2.24. The van der Waals surface area contributed by atoms with E-state index in [0.29, 0.717) is 6.42 Å². The molecule has 104 valence electrons. The second kappa shape index (κ2) is 14.5. The third-order valence-electron chi connectivity index (χ3n) is 2.73. The first kappa shape index (κ1) is 21.4. The van der Waals surface area contributed by atoms with Gasteiger partial charge in [0.15, 0.2) is 0 Å². The maximum atomic E-state index is 10.1. The Kier molecular flexibility index (Phi) is 17.3. The topological polar surface area (TPSA) is 66.4 Å². The zero-order valence-corrected chi connectivity index (χ0v) is 14.6. The average molecular weight is 305 g/mol. The van der Waals surface area contributed by atoms with Gasteiger partial charge in [-0.1, -0.05) is 64.7 Å². The summed E-state index contributed by atoms with van der Waals surface area (Å²) in [5, 5.41) is 0. The van der Waals surface area contributed by atoms with E-state index in [1.165, 1.54) is 44.9 Å². The molecule has 0 rings (SSSR count). The molecule has 0 saturated heterocycles. The number of hydrogen-bond donors (Lipinski definition) is 0. The van der Waals surface area contributed by atoms with Crippen molar-refractivity contribution in [3.8, 4) is 0 Å². The maximum Gasteiger partial charge on any atom is 2.00 e. The zero-order chi connectivity index (χ0) is 13.0. The Morgan fingerprint density at radius 2 is 1.22 bits per heavy atom. The first-order valence-electron chi connectivity index (χ1n) is 6.66. The fourth-order valence-corrected chi connectivity index (χ4v) is 2.07. The summed E-state index contributed by atoms with van der Waals surface area (Å²) in [6.45, 7) is 2.24. The number of unbranched alkanes of at least 4 members (excludes halogenated alkanes) is 9. The Morgan fingerprint density at radius 1 is 0.833 bits per heavy atom. The van der Waals surface area contributed by atoms with Crippen molar-refractivity contribution < 1.29 is 17.2 Å². The van der Waals surface area contributed by atoms with Crippen LogP contribution in [0.15, 0.2) is 0 Å². The Hall–Kier alpha value is 1.13. The summed E-state index contributed by atoms with van der Waals surface area (Å²) >= 11 is 0. The van der Waals surface area contributed by atoms with Crippen molar-refractivity contribution in [2.24, 2.45) is 0 Å². The smallest absolute Gasteiger partial charge is 0.726 e. The summed E-state index contributed by atoms with van der Waals surface area (Å²) in [5.74, 6) is 0. The predicted octanol–water partition coefficient (Wildman–Crippen LogP) is 3.00. The molecule has 0 N–H and O–H groups in total. The van der Waals surface area contributed by atoms with E-state index in [1.807, 2.05) is 0 Å². The molecule has 0 bridgehead atoms. The molecule has 0 saturated carbocycles. The van der Waals surface area contributed by atoms with Gasteiger partial charge in [-0.2, -0.15) is 0 Å². The molecule has 0 spiro atoms. The van der Waals surface area contributed by atoms with Crippen molar-refractivity contribution in [1.82, 2.24) is 0 Å². The van der Waals surface area contributed by atoms with E-state index in [2.05, 4.69) is 11.1 Å². The molecule has 18 heavy (non-hydrogen) atoms. The van der Waals surface area contributed by atoms with Crippen molar-refractivity contribution in [2.45, 2.75) is 71.1 Å². The van der Waals surface area contributed by atoms with Crippen LogP contribution in [-0.4, -0.2) is 57.3 Å². The molecule has 0 fully saturated rings. The van der Waals surface area contributed by atoms with Gasteiger partial charge in [-0.05, 0) is 6.42 Å². The van der Waals surface area contributed by atoms with Gasteiger partial charge in [-0.3, -0.25) is 4.18 Å². The molecule has 4 nitrogen and oxygen atoms in total. The van der Waals surface area contributed by atoms with Crippen molar-refractivity contribution in [2.75, 3.05) is 6.61 Å². The molecule has 0 amide bonds. The Bertz CT molecular complexity index is 255. The minimum atomic E-state index is -4.48. The SMILES string of the molecule is CCCCCCCCCCCCOS(=O)(=O)[O-].[Ca+2]. The maximum absolute atomic E-state index is 10.1. The van der Waals surface area contributed by atoms with Crippen molar-refractivity contribution in [3.05, 3.63) is 0 Å². The standard InChI is InChI=1S/C12H26O4S.Ca/c1-2-3-4-5-6-7-8-9-10-11-12-16-17(13,14)15;/h2-12H2,1H3,(H,13,14,15);/q;+2/p-1. The van der Waals surface area contributed by atoms with Gasteiger partial charge in [0.25, 0.3) is 0 Å². The van der Waals surface area contributed by atoms with Crippen LogP contribution in [0.4, 0.5) is 0 Å². The Morgan fingerprint density at radius 3 is 1.61 bits per heavy atom. The van der Waals surface area contributed by atoms with Crippen LogP contribution >= 0.6 is 0 Å². The quantitative estimate of drug-likeness (QED) is 0.240. The fourth-order valence-electron chi connectivity index (χ4n) is 1.75. The van der Waals surface area contributed by atoms with Gasteiger partial charge in [-0.25, -0.2) is 8.42 Å². The second-order valence-electron chi connectivity index (χ2n) is 4.41. The Labute approximate surface area is 142 Å². The molecule has 0 aromatic heterocycles. The second-order valence-corrected chi connectivity index (χ2v) is 5.46. The number of hydrogen-bond acceptors (Lipinski definition) is 4. The van der Waals surface area contributed by atoms with Crippen molar-refractivity contribution >= 4 is 48.1 Å². The summed E-state index contributed by atoms with van der Waals surface area (Å²) in [7, 11) is -4.48. The molecule has 0 heterocycles. The van der Waals surface area contributed by atoms with Crippen molar-refractivity contribution in [1.29, 1.82) is 0 Å². The van der Waals surface area contributed by atoms with E-state index in [0.717, 1.165) is 12.8 Å². The van der Waals surface area contributed by atoms with E-state index in [4.69, 9.17) is 0 Å². The summed E-state index contributed by atoms with van der Waals surface area (Å²) in [6, 6.07) is 0. The summed E-state index contributed by atoms with van der Waals surface area (Å²) in [4.78, 5) is 0. The first-order valence-corrected chi connectivity index (χ1v) is 8.00. The summed E-state index contributed by atoms with van der Waals surface area (Å²) in [5.41, 5.74) is 0. The van der Waals surface area contributed by atoms with Crippen LogP contribution in [0.1, 0.15) is 71.1 Å². The van der Waals surface area contributed by atoms with Crippen LogP contribution < -0.4 is 0 Å². The van der Waals surface area contributed by atoms with Gasteiger partial charge < -0.3 is 4.55 Å². The fraction of sp³-hybridized carbons (Fsp3) is 1.00. The van der Waals surface area contributed by atoms with Crippen LogP contribution in [0.25, 0.3) is 0 Å². The van der Waals surface area contributed by atoms with Gasteiger partial charge in [0.2, 0.25) is 10.4 Å². The summed E-state index contributed by atoms with van der Waals surface area (Å²) in [6.07, 6.45) is 11.7. The molecule has 0 aliphatic heterocycles. The summed E-state index contributed by atoms with van der Waals surface area (Å²) < 4.78 is 34.5. The molecule has 0 radical (unpaired) electrons. The van der Waals surface area contributed by atoms with Gasteiger partial charge in [0.05, 0.1) is 6.61 Å². The van der Waals surface area contributed by atoms with E-state index in [-0.39, 0.29) is 44.3 Å². The Balaban J connectivity index is 0. The van der Waals surface area contributed by atoms with Crippen LogP contribution in [0.3, 0.4) is 0 Å². The normalized spacial score (nSPS) is 11.2. The zero-order valence-electron chi connectivity index (χ0n) is 11.5. The molecule has 0 unspecified atom stereocenters.